The quantitative estimate of drug-likeness (QED) is 0.698. The van der Waals surface area contributed by atoms with Crippen LogP contribution in [0.4, 0.5) is 0 Å². The summed E-state index contributed by atoms with van der Waals surface area (Å²) >= 11 is 7.84. The van der Waals surface area contributed by atoms with E-state index in [1.54, 1.807) is 16.8 Å². The third-order valence-electron chi connectivity index (χ3n) is 2.56. The maximum Gasteiger partial charge on any atom is 0.250 e. The fraction of sp³-hybridized carbons (Fsp3) is 0.364. The number of hydrogen-bond acceptors (Lipinski definition) is 4. The monoisotopic (exact) mass is 441 g/mol. The van der Waals surface area contributed by atoms with Crippen molar-refractivity contribution in [2.45, 2.75) is 24.1 Å². The van der Waals surface area contributed by atoms with E-state index in [2.05, 4.69) is 41.7 Å². The smallest absolute Gasteiger partial charge is 0.250 e. The summed E-state index contributed by atoms with van der Waals surface area (Å²) in [5.41, 5.74) is 0.925. The summed E-state index contributed by atoms with van der Waals surface area (Å²) in [5, 5.41) is 4.29. The van der Waals surface area contributed by atoms with E-state index in [0.717, 1.165) is 14.0 Å². The number of nitrogens with zero attached hydrogens (tertiary/aromatic N) is 2. The van der Waals surface area contributed by atoms with Crippen LogP contribution in [0, 0.1) is 6.92 Å². The maximum atomic E-state index is 12.0. The molecule has 0 radical (unpaired) electrons. The van der Waals surface area contributed by atoms with Crippen molar-refractivity contribution in [2.24, 2.45) is 0 Å². The molecule has 20 heavy (non-hydrogen) atoms. The largest absolute Gasteiger partial charge is 0.271 e. The number of aryl methyl sites for hydroxylation is 2. The van der Waals surface area contributed by atoms with Crippen LogP contribution in [0.5, 0.6) is 0 Å². The highest BCUT2D eigenvalue weighted by Crippen LogP contribution is 2.25. The third kappa shape index (κ3) is 4.14. The normalized spacial score (nSPS) is 11.9. The molecule has 1 N–H and O–H groups in total. The zero-order valence-corrected chi connectivity index (χ0v) is 15.4. The summed E-state index contributed by atoms with van der Waals surface area (Å²) in [5.74, 6) is 0. The standard InChI is InChI=1S/C11H13Br2N3O2S2/c1-8-9(12)7-16(15-8)6-2-5-14-20(17,18)11-4-3-10(13)19-11/h3-4,7,14H,2,5-6H2,1H3. The van der Waals surface area contributed by atoms with Gasteiger partial charge in [0.1, 0.15) is 4.21 Å². The van der Waals surface area contributed by atoms with E-state index >= 15 is 0 Å². The predicted molar refractivity (Wildman–Crippen MR) is 86.5 cm³/mol. The van der Waals surface area contributed by atoms with Gasteiger partial charge in [-0.1, -0.05) is 0 Å². The van der Waals surface area contributed by atoms with Crippen molar-refractivity contribution in [3.05, 3.63) is 32.3 Å². The highest BCUT2D eigenvalue weighted by molar-refractivity contribution is 9.11. The molecule has 0 saturated carbocycles. The van der Waals surface area contributed by atoms with Gasteiger partial charge in [0.25, 0.3) is 0 Å². The molecular formula is C11H13Br2N3O2S2. The Hall–Kier alpha value is -0.220. The van der Waals surface area contributed by atoms with Gasteiger partial charge in [-0.15, -0.1) is 11.3 Å². The molecule has 2 heterocycles. The van der Waals surface area contributed by atoms with Gasteiger partial charge in [-0.2, -0.15) is 5.10 Å². The Bertz CT molecular complexity index is 675. The summed E-state index contributed by atoms with van der Waals surface area (Å²) < 4.78 is 30.4. The van der Waals surface area contributed by atoms with E-state index in [4.69, 9.17) is 0 Å². The second kappa shape index (κ2) is 6.69. The van der Waals surface area contributed by atoms with E-state index in [-0.39, 0.29) is 0 Å². The van der Waals surface area contributed by atoms with Crippen LogP contribution in [0.1, 0.15) is 12.1 Å². The minimum Gasteiger partial charge on any atom is -0.271 e. The summed E-state index contributed by atoms with van der Waals surface area (Å²) in [4.78, 5) is 0. The lowest BCUT2D eigenvalue weighted by Crippen LogP contribution is -2.24. The number of aromatic nitrogens is 2. The molecule has 9 heteroatoms. The van der Waals surface area contributed by atoms with Crippen molar-refractivity contribution in [1.82, 2.24) is 14.5 Å². The summed E-state index contributed by atoms with van der Waals surface area (Å²) in [6.45, 7) is 2.97. The van der Waals surface area contributed by atoms with Crippen LogP contribution < -0.4 is 4.72 Å². The van der Waals surface area contributed by atoms with Gasteiger partial charge in [0.2, 0.25) is 10.0 Å². The Morgan fingerprint density at radius 3 is 2.70 bits per heavy atom. The molecule has 0 aromatic carbocycles. The van der Waals surface area contributed by atoms with E-state index in [1.807, 2.05) is 13.1 Å². The van der Waals surface area contributed by atoms with E-state index in [9.17, 15) is 8.42 Å². The Kier molecular flexibility index (Phi) is 5.41. The molecule has 2 aromatic heterocycles. The fourth-order valence-corrected chi connectivity index (χ4v) is 5.01. The van der Waals surface area contributed by atoms with Gasteiger partial charge in [0.15, 0.2) is 0 Å². The molecule has 2 rings (SSSR count). The van der Waals surface area contributed by atoms with E-state index in [0.29, 0.717) is 23.7 Å². The second-order valence-corrected chi connectivity index (χ2v) is 9.45. The van der Waals surface area contributed by atoms with Crippen LogP contribution in [0.2, 0.25) is 0 Å². The first-order valence-electron chi connectivity index (χ1n) is 5.83. The summed E-state index contributed by atoms with van der Waals surface area (Å²) in [6.07, 6.45) is 2.57. The molecule has 2 aromatic rings. The Balaban J connectivity index is 1.84. The van der Waals surface area contributed by atoms with Gasteiger partial charge >= 0.3 is 0 Å². The lowest BCUT2D eigenvalue weighted by molar-refractivity contribution is 0.552. The van der Waals surface area contributed by atoms with Crippen molar-refractivity contribution >= 4 is 53.2 Å². The second-order valence-electron chi connectivity index (χ2n) is 4.14. The predicted octanol–water partition coefficient (Wildman–Crippen LogP) is 3.15. The molecule has 0 fully saturated rings. The highest BCUT2D eigenvalue weighted by Gasteiger charge is 2.15. The molecular weight excluding hydrogens is 430 g/mol. The Morgan fingerprint density at radius 1 is 1.40 bits per heavy atom. The number of hydrogen-bond donors (Lipinski definition) is 1. The van der Waals surface area contributed by atoms with Gasteiger partial charge in [-0.25, -0.2) is 13.1 Å². The first-order valence-corrected chi connectivity index (χ1v) is 9.71. The van der Waals surface area contributed by atoms with Gasteiger partial charge in [0.05, 0.1) is 14.0 Å². The number of thiophene rings is 1. The van der Waals surface area contributed by atoms with Gasteiger partial charge in [0, 0.05) is 19.3 Å². The zero-order valence-electron chi connectivity index (χ0n) is 10.6. The molecule has 0 spiro atoms. The first-order chi connectivity index (χ1) is 9.38. The lowest BCUT2D eigenvalue weighted by Gasteiger charge is -2.04. The molecule has 0 aliphatic heterocycles. The summed E-state index contributed by atoms with van der Waals surface area (Å²) in [7, 11) is -3.40. The van der Waals surface area contributed by atoms with E-state index in [1.165, 1.54) is 11.3 Å². The van der Waals surface area contributed by atoms with Crippen molar-refractivity contribution in [1.29, 1.82) is 0 Å². The average Bonchev–Trinajstić information content (AvgIpc) is 2.93. The topological polar surface area (TPSA) is 64.0 Å². The number of halogens is 2. The molecule has 0 unspecified atom stereocenters. The molecule has 0 bridgehead atoms. The summed E-state index contributed by atoms with van der Waals surface area (Å²) in [6, 6.07) is 3.31. The van der Waals surface area contributed by atoms with Crippen molar-refractivity contribution < 1.29 is 8.42 Å². The Morgan fingerprint density at radius 2 is 2.15 bits per heavy atom. The molecule has 0 amide bonds. The average molecular weight is 443 g/mol. The number of nitrogens with one attached hydrogen (secondary N) is 1. The SMILES string of the molecule is Cc1nn(CCCNS(=O)(=O)c2ccc(Br)s2)cc1Br. The Labute approximate surface area is 138 Å². The third-order valence-corrected chi connectivity index (χ3v) is 6.91. The van der Waals surface area contributed by atoms with Crippen LogP contribution in [0.25, 0.3) is 0 Å². The molecule has 5 nitrogen and oxygen atoms in total. The molecule has 0 saturated heterocycles. The zero-order chi connectivity index (χ0) is 14.8. The number of sulfonamides is 1. The van der Waals surface area contributed by atoms with Gasteiger partial charge in [-0.05, 0) is 57.3 Å². The minimum absolute atomic E-state index is 0.321. The fourth-order valence-electron chi connectivity index (χ4n) is 1.57. The van der Waals surface area contributed by atoms with E-state index < -0.39 is 10.0 Å². The molecule has 110 valence electrons. The number of rotatable bonds is 6. The van der Waals surface area contributed by atoms with Gasteiger partial charge < -0.3 is 0 Å². The lowest BCUT2D eigenvalue weighted by atomic mass is 10.4. The van der Waals surface area contributed by atoms with Crippen LogP contribution in [0.3, 0.4) is 0 Å². The van der Waals surface area contributed by atoms with Gasteiger partial charge in [-0.3, -0.25) is 4.68 Å². The van der Waals surface area contributed by atoms with Crippen LogP contribution in [-0.2, 0) is 16.6 Å². The van der Waals surface area contributed by atoms with Crippen molar-refractivity contribution in [3.63, 3.8) is 0 Å². The minimum atomic E-state index is -3.40. The van der Waals surface area contributed by atoms with Crippen LogP contribution >= 0.6 is 43.2 Å². The van der Waals surface area contributed by atoms with Crippen LogP contribution in [0.15, 0.2) is 30.8 Å². The highest BCUT2D eigenvalue weighted by atomic mass is 79.9. The maximum absolute atomic E-state index is 12.0. The first kappa shape index (κ1) is 16.2. The molecule has 0 atom stereocenters. The van der Waals surface area contributed by atoms with Crippen molar-refractivity contribution in [2.75, 3.05) is 6.54 Å². The molecule has 0 aliphatic rings. The van der Waals surface area contributed by atoms with Crippen LogP contribution in [-0.4, -0.2) is 24.7 Å². The van der Waals surface area contributed by atoms with Crippen molar-refractivity contribution in [3.8, 4) is 0 Å². The molecule has 0 aliphatic carbocycles.